The zero-order chi connectivity index (χ0) is 7.11. The fourth-order valence-electron chi connectivity index (χ4n) is 0.307. The molecule has 0 saturated carbocycles. The first-order chi connectivity index (χ1) is 4.31. The van der Waals surface area contributed by atoms with Crippen LogP contribution in [0.15, 0.2) is 17.6 Å². The van der Waals surface area contributed by atoms with Gasteiger partial charge in [0, 0.05) is 13.5 Å². The van der Waals surface area contributed by atoms with Crippen LogP contribution >= 0.6 is 0 Å². The molecule has 9 heavy (non-hydrogen) atoms. The number of allylic oxidation sites excluding steroid dienone is 1. The Morgan fingerprint density at radius 1 is 1.78 bits per heavy atom. The predicted molar refractivity (Wildman–Crippen MR) is 41.6 cm³/mol. The van der Waals surface area contributed by atoms with Gasteiger partial charge >= 0.3 is 0 Å². The first-order valence-corrected chi connectivity index (χ1v) is 2.84. The summed E-state index contributed by atoms with van der Waals surface area (Å²) in [7, 11) is 1.73. The van der Waals surface area contributed by atoms with Gasteiger partial charge in [-0.15, -0.1) is 6.58 Å². The van der Waals surface area contributed by atoms with Crippen LogP contribution in [0.2, 0.25) is 0 Å². The maximum atomic E-state index is 3.87. The number of hydrogen-bond acceptors (Lipinski definition) is 1. The van der Waals surface area contributed by atoms with Crippen LogP contribution in [0.1, 0.15) is 13.3 Å². The van der Waals surface area contributed by atoms with E-state index in [1.807, 2.05) is 6.92 Å². The minimum atomic E-state index is 0.743. The third-order valence-electron chi connectivity index (χ3n) is 0.851. The van der Waals surface area contributed by atoms with Crippen molar-refractivity contribution in [2.75, 3.05) is 7.05 Å². The maximum absolute atomic E-state index is 3.87. The van der Waals surface area contributed by atoms with Gasteiger partial charge in [-0.05, 0) is 6.92 Å². The van der Waals surface area contributed by atoms with Gasteiger partial charge in [-0.25, -0.2) is 0 Å². The molecule has 1 heteroatoms. The molecular formula is C8H11N. The Balaban J connectivity index is 3.72. The van der Waals surface area contributed by atoms with Crippen molar-refractivity contribution in [1.29, 1.82) is 0 Å². The van der Waals surface area contributed by atoms with Gasteiger partial charge in [0.1, 0.15) is 0 Å². The monoisotopic (exact) mass is 121 g/mol. The highest BCUT2D eigenvalue weighted by Gasteiger charge is 1.73. The highest BCUT2D eigenvalue weighted by Crippen LogP contribution is 1.75. The van der Waals surface area contributed by atoms with Gasteiger partial charge in [-0.1, -0.05) is 17.9 Å². The summed E-state index contributed by atoms with van der Waals surface area (Å²) < 4.78 is 0. The van der Waals surface area contributed by atoms with E-state index >= 15 is 0 Å². The van der Waals surface area contributed by atoms with Crippen LogP contribution in [0.25, 0.3) is 0 Å². The van der Waals surface area contributed by atoms with Gasteiger partial charge < -0.3 is 0 Å². The van der Waals surface area contributed by atoms with Crippen molar-refractivity contribution in [2.45, 2.75) is 13.3 Å². The lowest BCUT2D eigenvalue weighted by molar-refractivity contribution is 1.43. The van der Waals surface area contributed by atoms with E-state index in [-0.39, 0.29) is 0 Å². The molecule has 0 bridgehead atoms. The van der Waals surface area contributed by atoms with Crippen LogP contribution in [-0.2, 0) is 0 Å². The third-order valence-corrected chi connectivity index (χ3v) is 0.851. The molecule has 0 aromatic rings. The quantitative estimate of drug-likeness (QED) is 0.284. The number of nitrogens with zero attached hydrogens (tertiary/aromatic N) is 1. The van der Waals surface area contributed by atoms with Crippen molar-refractivity contribution in [3.05, 3.63) is 12.7 Å². The summed E-state index contributed by atoms with van der Waals surface area (Å²) >= 11 is 0. The Morgan fingerprint density at radius 3 is 2.89 bits per heavy atom. The van der Waals surface area contributed by atoms with Crippen LogP contribution in [0.5, 0.6) is 0 Å². The molecule has 0 fully saturated rings. The Hall–Kier alpha value is -1.03. The minimum absolute atomic E-state index is 0.743. The highest BCUT2D eigenvalue weighted by molar-refractivity contribution is 5.98. The molecule has 0 spiro atoms. The zero-order valence-corrected chi connectivity index (χ0v) is 5.94. The van der Waals surface area contributed by atoms with E-state index < -0.39 is 0 Å². The second-order valence-corrected chi connectivity index (χ2v) is 1.60. The largest absolute Gasteiger partial charge is 0.284 e. The van der Waals surface area contributed by atoms with Crippen molar-refractivity contribution in [2.24, 2.45) is 4.99 Å². The van der Waals surface area contributed by atoms with Gasteiger partial charge in [-0.3, -0.25) is 4.99 Å². The van der Waals surface area contributed by atoms with Gasteiger partial charge in [-0.2, -0.15) is 0 Å². The molecule has 0 saturated heterocycles. The van der Waals surface area contributed by atoms with Crippen molar-refractivity contribution in [1.82, 2.24) is 0 Å². The molecule has 0 aliphatic heterocycles. The van der Waals surface area contributed by atoms with E-state index in [1.54, 1.807) is 13.1 Å². The summed E-state index contributed by atoms with van der Waals surface area (Å²) in [5.41, 5.74) is 0.872. The summed E-state index contributed by atoms with van der Waals surface area (Å²) in [6.07, 6.45) is 2.52. The standard InChI is InChI=1S/C8H11N/c1-4-5-6-7-8(2)9-3/h4H,1,5H2,2-3H3. The van der Waals surface area contributed by atoms with E-state index in [1.165, 1.54) is 0 Å². The molecule has 0 heterocycles. The Morgan fingerprint density at radius 2 is 2.44 bits per heavy atom. The molecule has 0 aromatic heterocycles. The van der Waals surface area contributed by atoms with Gasteiger partial charge in [0.15, 0.2) is 0 Å². The molecule has 0 N–H and O–H groups in total. The average molecular weight is 121 g/mol. The van der Waals surface area contributed by atoms with Crippen LogP contribution in [0, 0.1) is 11.8 Å². The van der Waals surface area contributed by atoms with E-state index in [0.29, 0.717) is 0 Å². The molecule has 0 unspecified atom stereocenters. The molecule has 0 aliphatic carbocycles. The van der Waals surface area contributed by atoms with E-state index in [2.05, 4.69) is 23.4 Å². The Bertz CT molecular complexity index is 167. The van der Waals surface area contributed by atoms with Crippen molar-refractivity contribution < 1.29 is 0 Å². The summed E-state index contributed by atoms with van der Waals surface area (Å²) in [5.74, 6) is 5.75. The summed E-state index contributed by atoms with van der Waals surface area (Å²) in [5, 5.41) is 0. The van der Waals surface area contributed by atoms with Crippen molar-refractivity contribution in [3.8, 4) is 11.8 Å². The fraction of sp³-hybridized carbons (Fsp3) is 0.375. The SMILES string of the molecule is C=CCC#CC(C)=NC. The third kappa shape index (κ3) is 4.83. The maximum Gasteiger partial charge on any atom is 0.0809 e. The zero-order valence-electron chi connectivity index (χ0n) is 5.94. The predicted octanol–water partition coefficient (Wildman–Crippen LogP) is 1.66. The molecule has 48 valence electrons. The lowest BCUT2D eigenvalue weighted by atomic mass is 10.3. The summed E-state index contributed by atoms with van der Waals surface area (Å²) in [6, 6.07) is 0. The summed E-state index contributed by atoms with van der Waals surface area (Å²) in [6.45, 7) is 5.43. The molecule has 0 atom stereocenters. The normalized spacial score (nSPS) is 9.78. The van der Waals surface area contributed by atoms with E-state index in [4.69, 9.17) is 0 Å². The molecule has 1 nitrogen and oxygen atoms in total. The van der Waals surface area contributed by atoms with Crippen molar-refractivity contribution >= 4 is 5.71 Å². The Kier molecular flexibility index (Phi) is 4.53. The number of aliphatic imine (C=N–C) groups is 1. The van der Waals surface area contributed by atoms with Crippen LogP contribution < -0.4 is 0 Å². The molecule has 0 rings (SSSR count). The molecule has 0 radical (unpaired) electrons. The van der Waals surface area contributed by atoms with Crippen LogP contribution in [-0.4, -0.2) is 12.8 Å². The molecule has 0 amide bonds. The number of hydrogen-bond donors (Lipinski definition) is 0. The second-order valence-electron chi connectivity index (χ2n) is 1.60. The van der Waals surface area contributed by atoms with E-state index in [9.17, 15) is 0 Å². The molecule has 0 aliphatic rings. The van der Waals surface area contributed by atoms with Crippen LogP contribution in [0.3, 0.4) is 0 Å². The average Bonchev–Trinajstić information content (AvgIpc) is 1.89. The first-order valence-electron chi connectivity index (χ1n) is 2.84. The molecular weight excluding hydrogens is 110 g/mol. The van der Waals surface area contributed by atoms with Gasteiger partial charge in [0.25, 0.3) is 0 Å². The molecule has 0 aromatic carbocycles. The second kappa shape index (κ2) is 5.11. The highest BCUT2D eigenvalue weighted by atomic mass is 14.7. The van der Waals surface area contributed by atoms with E-state index in [0.717, 1.165) is 12.1 Å². The van der Waals surface area contributed by atoms with Gasteiger partial charge in [0.2, 0.25) is 0 Å². The first kappa shape index (κ1) is 7.97. The van der Waals surface area contributed by atoms with Crippen LogP contribution in [0.4, 0.5) is 0 Å². The lowest BCUT2D eigenvalue weighted by Crippen LogP contribution is -1.81. The fourth-order valence-corrected chi connectivity index (χ4v) is 0.307. The van der Waals surface area contributed by atoms with Gasteiger partial charge in [0.05, 0.1) is 5.71 Å². The minimum Gasteiger partial charge on any atom is -0.284 e. The summed E-state index contributed by atoms with van der Waals surface area (Å²) in [4.78, 5) is 3.87. The Labute approximate surface area is 56.5 Å². The number of rotatable bonds is 1. The lowest BCUT2D eigenvalue weighted by Gasteiger charge is -1.78. The topological polar surface area (TPSA) is 12.4 Å². The van der Waals surface area contributed by atoms with Crippen molar-refractivity contribution in [3.63, 3.8) is 0 Å². The smallest absolute Gasteiger partial charge is 0.0809 e.